The lowest BCUT2D eigenvalue weighted by Gasteiger charge is -2.19. The van der Waals surface area contributed by atoms with Gasteiger partial charge in [0.15, 0.2) is 11.5 Å². The molecule has 156 valence electrons. The minimum Gasteiger partial charge on any atom is -0.490 e. The summed E-state index contributed by atoms with van der Waals surface area (Å²) >= 11 is 0. The van der Waals surface area contributed by atoms with Gasteiger partial charge < -0.3 is 19.5 Å². The van der Waals surface area contributed by atoms with Crippen LogP contribution < -0.4 is 14.8 Å². The Morgan fingerprint density at radius 1 is 1.18 bits per heavy atom. The fourth-order valence-corrected chi connectivity index (χ4v) is 1.80. The third-order valence-corrected chi connectivity index (χ3v) is 2.86. The lowest BCUT2D eigenvalue weighted by atomic mass is 10.2. The number of benzene rings is 1. The average Bonchev–Trinajstić information content (AvgIpc) is 2.59. The first-order valence-corrected chi connectivity index (χ1v) is 8.31. The zero-order chi connectivity index (χ0) is 21.2. The fraction of sp³-hybridized carbons (Fsp3) is 0.471. The Balaban J connectivity index is 2.62. The van der Waals surface area contributed by atoms with Crippen molar-refractivity contribution in [3.05, 3.63) is 23.8 Å². The number of carbonyl (C=O) groups excluding carboxylic acids is 3. The number of aldehydes is 1. The van der Waals surface area contributed by atoms with Crippen LogP contribution in [0.3, 0.4) is 0 Å². The normalized spacial score (nSPS) is 11.1. The summed E-state index contributed by atoms with van der Waals surface area (Å²) in [5.41, 5.74) is -0.449. The van der Waals surface area contributed by atoms with Crippen molar-refractivity contribution in [2.45, 2.75) is 32.8 Å². The van der Waals surface area contributed by atoms with E-state index in [0.717, 1.165) is 0 Å². The molecule has 3 N–H and O–H groups in total. The van der Waals surface area contributed by atoms with Gasteiger partial charge in [-0.15, -0.1) is 0 Å². The van der Waals surface area contributed by atoms with Gasteiger partial charge in [0.1, 0.15) is 18.4 Å². The highest BCUT2D eigenvalue weighted by atomic mass is 17.1. The van der Waals surface area contributed by atoms with Crippen LogP contribution in [0, 0.1) is 0 Å². The Bertz CT molecular complexity index is 671. The van der Waals surface area contributed by atoms with Crippen LogP contribution in [0.25, 0.3) is 0 Å². The van der Waals surface area contributed by atoms with Crippen molar-refractivity contribution in [3.8, 4) is 11.5 Å². The molecule has 0 radical (unpaired) electrons. The van der Waals surface area contributed by atoms with E-state index in [9.17, 15) is 14.4 Å². The second-order valence-electron chi connectivity index (χ2n) is 6.44. The largest absolute Gasteiger partial charge is 0.490 e. The number of ether oxygens (including phenoxy) is 3. The highest BCUT2D eigenvalue weighted by molar-refractivity contribution is 5.81. The lowest BCUT2D eigenvalue weighted by Crippen LogP contribution is -2.36. The second kappa shape index (κ2) is 11.2. The molecule has 0 atom stereocenters. The van der Waals surface area contributed by atoms with Crippen LogP contribution in [0.15, 0.2) is 18.2 Å². The minimum absolute atomic E-state index is 0.00699. The number of alkyl carbamates (subject to hydrolysis) is 1. The average molecular weight is 400 g/mol. The Morgan fingerprint density at radius 2 is 1.89 bits per heavy atom. The molecule has 0 heterocycles. The van der Waals surface area contributed by atoms with E-state index < -0.39 is 29.6 Å². The molecule has 1 rings (SSSR count). The highest BCUT2D eigenvalue weighted by Crippen LogP contribution is 2.28. The Kier molecular flexibility index (Phi) is 9.32. The van der Waals surface area contributed by atoms with Gasteiger partial charge in [0, 0.05) is 12.0 Å². The molecule has 1 amide bonds. The van der Waals surface area contributed by atoms with Crippen molar-refractivity contribution < 1.29 is 43.8 Å². The van der Waals surface area contributed by atoms with E-state index >= 15 is 0 Å². The van der Waals surface area contributed by atoms with Gasteiger partial charge in [-0.05, 0) is 39.0 Å². The standard InChI is InChI=1S/C17H24N2O9/c1-17(2,3)28-16(22)18-10-15(21)27-14-9-12(11-20)5-6-13(14)25-7-4-8-26-19(23)24/h5-6,9,11,23-24H,4,7-8,10H2,1-3H3,(H,18,22). The Morgan fingerprint density at radius 3 is 2.50 bits per heavy atom. The van der Waals surface area contributed by atoms with Crippen LogP contribution in [0.5, 0.6) is 11.5 Å². The number of carbonyl (C=O) groups is 3. The quantitative estimate of drug-likeness (QED) is 0.174. The molecule has 1 aromatic carbocycles. The van der Waals surface area contributed by atoms with E-state index in [1.54, 1.807) is 20.8 Å². The number of nitrogens with zero attached hydrogens (tertiary/aromatic N) is 1. The van der Waals surface area contributed by atoms with Crippen LogP contribution in [0.1, 0.15) is 37.6 Å². The maximum Gasteiger partial charge on any atom is 0.408 e. The molecule has 0 aliphatic heterocycles. The van der Waals surface area contributed by atoms with Crippen molar-refractivity contribution in [1.29, 1.82) is 0 Å². The van der Waals surface area contributed by atoms with E-state index in [1.165, 1.54) is 18.2 Å². The summed E-state index contributed by atoms with van der Waals surface area (Å²) in [4.78, 5) is 38.9. The summed E-state index contributed by atoms with van der Waals surface area (Å²) in [6.45, 7) is 4.68. The number of nitrogens with one attached hydrogen (secondary N) is 1. The van der Waals surface area contributed by atoms with Gasteiger partial charge in [0.25, 0.3) is 0 Å². The molecule has 11 nitrogen and oxygen atoms in total. The van der Waals surface area contributed by atoms with Gasteiger partial charge in [-0.3, -0.25) is 20.0 Å². The minimum atomic E-state index is -0.793. The van der Waals surface area contributed by atoms with Crippen LogP contribution in [0.2, 0.25) is 0 Å². The van der Waals surface area contributed by atoms with Gasteiger partial charge >= 0.3 is 12.1 Å². The molecule has 0 aliphatic rings. The van der Waals surface area contributed by atoms with Gasteiger partial charge in [-0.2, -0.15) is 0 Å². The van der Waals surface area contributed by atoms with Crippen LogP contribution in [0.4, 0.5) is 4.79 Å². The molecule has 0 bridgehead atoms. The number of rotatable bonds is 10. The van der Waals surface area contributed by atoms with Crippen molar-refractivity contribution in [2.24, 2.45) is 0 Å². The summed E-state index contributed by atoms with van der Waals surface area (Å²) in [5.74, 6) is -0.619. The van der Waals surface area contributed by atoms with Crippen LogP contribution in [-0.4, -0.2) is 59.5 Å². The number of hydrogen-bond acceptors (Lipinski definition) is 10. The van der Waals surface area contributed by atoms with Crippen LogP contribution in [-0.2, 0) is 14.4 Å². The molecule has 0 fully saturated rings. The summed E-state index contributed by atoms with van der Waals surface area (Å²) in [6, 6.07) is 4.23. The van der Waals surface area contributed by atoms with E-state index in [-0.39, 0.29) is 30.3 Å². The summed E-state index contributed by atoms with van der Waals surface area (Å²) < 4.78 is 15.6. The van der Waals surface area contributed by atoms with Gasteiger partial charge in [-0.25, -0.2) is 9.59 Å². The first kappa shape index (κ1) is 23.3. The Labute approximate surface area is 161 Å². The summed E-state index contributed by atoms with van der Waals surface area (Å²) in [5, 5.41) is 18.7. The zero-order valence-electron chi connectivity index (χ0n) is 15.8. The van der Waals surface area contributed by atoms with E-state index in [4.69, 9.17) is 24.6 Å². The lowest BCUT2D eigenvalue weighted by molar-refractivity contribution is -0.492. The molecule has 0 aromatic heterocycles. The van der Waals surface area contributed by atoms with E-state index in [0.29, 0.717) is 12.7 Å². The first-order chi connectivity index (χ1) is 13.1. The molecule has 0 unspecified atom stereocenters. The third kappa shape index (κ3) is 9.83. The maximum absolute atomic E-state index is 12.0. The molecule has 0 spiro atoms. The second-order valence-corrected chi connectivity index (χ2v) is 6.44. The van der Waals surface area contributed by atoms with Gasteiger partial charge in [0.05, 0.1) is 18.6 Å². The molecule has 0 saturated carbocycles. The zero-order valence-corrected chi connectivity index (χ0v) is 15.8. The van der Waals surface area contributed by atoms with Gasteiger partial charge in [-0.1, -0.05) is 0 Å². The predicted octanol–water partition coefficient (Wildman–Crippen LogP) is 1.71. The molecule has 0 saturated heterocycles. The van der Waals surface area contributed by atoms with Crippen molar-refractivity contribution in [1.82, 2.24) is 10.7 Å². The summed E-state index contributed by atoms with van der Waals surface area (Å²) in [7, 11) is 0. The van der Waals surface area contributed by atoms with E-state index in [2.05, 4.69) is 10.2 Å². The molecular weight excluding hydrogens is 376 g/mol. The van der Waals surface area contributed by atoms with Crippen molar-refractivity contribution >= 4 is 18.3 Å². The topological polar surface area (TPSA) is 144 Å². The molecule has 1 aromatic rings. The highest BCUT2D eigenvalue weighted by Gasteiger charge is 2.18. The molecule has 28 heavy (non-hydrogen) atoms. The molecule has 11 heteroatoms. The fourth-order valence-electron chi connectivity index (χ4n) is 1.80. The third-order valence-electron chi connectivity index (χ3n) is 2.86. The molecular formula is C17H24N2O9. The monoisotopic (exact) mass is 400 g/mol. The number of esters is 1. The number of amides is 1. The predicted molar refractivity (Wildman–Crippen MR) is 93.2 cm³/mol. The molecule has 0 aliphatic carbocycles. The van der Waals surface area contributed by atoms with Crippen molar-refractivity contribution in [3.63, 3.8) is 0 Å². The first-order valence-electron chi connectivity index (χ1n) is 8.31. The summed E-state index contributed by atoms with van der Waals surface area (Å²) in [6.07, 6.45) is 0.0930. The van der Waals surface area contributed by atoms with Crippen molar-refractivity contribution in [2.75, 3.05) is 19.8 Å². The smallest absolute Gasteiger partial charge is 0.408 e. The van der Waals surface area contributed by atoms with Gasteiger partial charge in [0.2, 0.25) is 0 Å². The number of hydrogen-bond donors (Lipinski definition) is 3. The van der Waals surface area contributed by atoms with E-state index in [1.807, 2.05) is 0 Å². The van der Waals surface area contributed by atoms with Crippen LogP contribution >= 0.6 is 0 Å². The Hall–Kier alpha value is -2.73. The maximum atomic E-state index is 12.0. The SMILES string of the molecule is CC(C)(C)OC(=O)NCC(=O)Oc1cc(C=O)ccc1OCCCON(O)O.